The monoisotopic (exact) mass is 456 g/mol. The number of aromatic nitrogens is 3. The van der Waals surface area contributed by atoms with Crippen molar-refractivity contribution in [1.29, 1.82) is 0 Å². The molecular formula is C26H21ClN4O2. The van der Waals surface area contributed by atoms with Crippen LogP contribution in [0, 0.1) is 0 Å². The van der Waals surface area contributed by atoms with Gasteiger partial charge in [0.15, 0.2) is 0 Å². The first kappa shape index (κ1) is 21.0. The van der Waals surface area contributed by atoms with Gasteiger partial charge in [0.05, 0.1) is 17.2 Å². The lowest BCUT2D eigenvalue weighted by Crippen LogP contribution is -2.35. The van der Waals surface area contributed by atoms with Gasteiger partial charge < -0.3 is 10.3 Å². The van der Waals surface area contributed by atoms with Crippen molar-refractivity contribution < 1.29 is 4.79 Å². The van der Waals surface area contributed by atoms with E-state index in [1.54, 1.807) is 18.2 Å². The van der Waals surface area contributed by atoms with Crippen LogP contribution in [-0.4, -0.2) is 27.0 Å². The van der Waals surface area contributed by atoms with E-state index in [4.69, 9.17) is 11.6 Å². The molecule has 0 aliphatic heterocycles. The number of hydrogen-bond acceptors (Lipinski definition) is 3. The summed E-state index contributed by atoms with van der Waals surface area (Å²) in [5.74, 6) is -0.434. The predicted octanol–water partition coefficient (Wildman–Crippen LogP) is 4.48. The molecule has 2 N–H and O–H groups in total. The second kappa shape index (κ2) is 8.92. The van der Waals surface area contributed by atoms with E-state index in [0.29, 0.717) is 22.5 Å². The third-order valence-electron chi connectivity index (χ3n) is 5.83. The van der Waals surface area contributed by atoms with E-state index in [1.807, 2.05) is 60.8 Å². The summed E-state index contributed by atoms with van der Waals surface area (Å²) < 4.78 is 1.33. The highest BCUT2D eigenvalue weighted by molar-refractivity contribution is 6.31. The van der Waals surface area contributed by atoms with Gasteiger partial charge in [-0.25, -0.2) is 4.98 Å². The summed E-state index contributed by atoms with van der Waals surface area (Å²) in [5, 5.41) is 5.18. The van der Waals surface area contributed by atoms with Crippen LogP contribution < -0.4 is 10.9 Å². The molecule has 0 aliphatic carbocycles. The molecule has 0 aliphatic rings. The Morgan fingerprint density at radius 1 is 0.970 bits per heavy atom. The maximum atomic E-state index is 12.8. The van der Waals surface area contributed by atoms with Crippen LogP contribution in [0.1, 0.15) is 17.0 Å². The van der Waals surface area contributed by atoms with E-state index in [2.05, 4.69) is 15.3 Å². The Morgan fingerprint density at radius 2 is 1.70 bits per heavy atom. The van der Waals surface area contributed by atoms with Crippen molar-refractivity contribution in [3.05, 3.63) is 112 Å². The molecule has 0 saturated heterocycles. The molecule has 0 bridgehead atoms. The number of benzene rings is 3. The average Bonchev–Trinajstić information content (AvgIpc) is 3.26. The van der Waals surface area contributed by atoms with Crippen molar-refractivity contribution in [2.75, 3.05) is 6.54 Å². The zero-order valence-corrected chi connectivity index (χ0v) is 18.4. The molecular weight excluding hydrogens is 436 g/mol. The van der Waals surface area contributed by atoms with Crippen molar-refractivity contribution in [2.45, 2.75) is 12.5 Å². The number of H-pyrrole nitrogens is 1. The molecule has 2 heterocycles. The van der Waals surface area contributed by atoms with E-state index < -0.39 is 0 Å². The largest absolute Gasteiger partial charge is 0.361 e. The number of hydrogen-bond donors (Lipinski definition) is 2. The van der Waals surface area contributed by atoms with E-state index in [-0.39, 0.29) is 23.9 Å². The van der Waals surface area contributed by atoms with Gasteiger partial charge in [-0.2, -0.15) is 0 Å². The lowest BCUT2D eigenvalue weighted by molar-refractivity contribution is -0.121. The summed E-state index contributed by atoms with van der Waals surface area (Å²) in [6.07, 6.45) is 3.37. The van der Waals surface area contributed by atoms with E-state index in [0.717, 1.165) is 22.0 Å². The number of fused-ring (bicyclic) bond motifs is 2. The van der Waals surface area contributed by atoms with Gasteiger partial charge in [-0.1, -0.05) is 60.1 Å². The fourth-order valence-corrected chi connectivity index (χ4v) is 4.44. The van der Waals surface area contributed by atoms with E-state index in [9.17, 15) is 9.59 Å². The van der Waals surface area contributed by atoms with Crippen LogP contribution in [-0.2, 0) is 11.3 Å². The van der Waals surface area contributed by atoms with Gasteiger partial charge in [-0.15, -0.1) is 0 Å². The van der Waals surface area contributed by atoms with Gasteiger partial charge in [0.25, 0.3) is 5.56 Å². The smallest absolute Gasteiger partial charge is 0.261 e. The fourth-order valence-electron chi connectivity index (χ4n) is 4.17. The Balaban J connectivity index is 1.41. The molecule has 1 amide bonds. The standard InChI is InChI=1S/C26H21ClN4O2/c27-22-10-4-1-7-17(22)20(21-13-28-23-11-5-2-8-18(21)23)14-29-25(32)15-31-16-30-24-12-6-3-9-19(24)26(31)33/h1-13,16,20,28H,14-15H2,(H,29,32)/t20-/m0/s1. The van der Waals surface area contributed by atoms with Crippen LogP contribution in [0.4, 0.5) is 0 Å². The van der Waals surface area contributed by atoms with Crippen molar-refractivity contribution in [3.63, 3.8) is 0 Å². The summed E-state index contributed by atoms with van der Waals surface area (Å²) >= 11 is 6.53. The third-order valence-corrected chi connectivity index (χ3v) is 6.17. The summed E-state index contributed by atoms with van der Waals surface area (Å²) in [5.41, 5.74) is 3.36. The van der Waals surface area contributed by atoms with Crippen LogP contribution in [0.3, 0.4) is 0 Å². The Bertz CT molecular complexity index is 1520. The Kier molecular flexibility index (Phi) is 5.67. The molecule has 5 rings (SSSR count). The number of rotatable bonds is 6. The summed E-state index contributed by atoms with van der Waals surface area (Å²) in [6.45, 7) is 0.222. The fraction of sp³-hybridized carbons (Fsp3) is 0.115. The second-order valence-corrected chi connectivity index (χ2v) is 8.27. The maximum absolute atomic E-state index is 12.8. The number of carbonyl (C=O) groups excluding carboxylic acids is 1. The Labute approximate surface area is 194 Å². The first-order chi connectivity index (χ1) is 16.1. The number of nitrogens with one attached hydrogen (secondary N) is 2. The number of nitrogens with zero attached hydrogens (tertiary/aromatic N) is 2. The minimum Gasteiger partial charge on any atom is -0.361 e. The summed E-state index contributed by atoms with van der Waals surface area (Å²) in [4.78, 5) is 33.1. The molecule has 33 heavy (non-hydrogen) atoms. The Morgan fingerprint density at radius 3 is 2.55 bits per heavy atom. The molecule has 0 radical (unpaired) electrons. The molecule has 6 nitrogen and oxygen atoms in total. The van der Waals surface area contributed by atoms with Gasteiger partial charge in [-0.3, -0.25) is 14.2 Å². The zero-order chi connectivity index (χ0) is 22.8. The van der Waals surface area contributed by atoms with Crippen molar-refractivity contribution in [2.24, 2.45) is 0 Å². The lowest BCUT2D eigenvalue weighted by atomic mass is 9.90. The third kappa shape index (κ3) is 4.13. The number of halogens is 1. The number of aromatic amines is 1. The van der Waals surface area contributed by atoms with E-state index in [1.165, 1.54) is 10.9 Å². The molecule has 164 valence electrons. The summed E-state index contributed by atoms with van der Waals surface area (Å²) in [7, 11) is 0. The summed E-state index contributed by atoms with van der Waals surface area (Å²) in [6, 6.07) is 22.8. The number of para-hydroxylation sites is 2. The van der Waals surface area contributed by atoms with Crippen LogP contribution in [0.25, 0.3) is 21.8 Å². The molecule has 3 aromatic carbocycles. The maximum Gasteiger partial charge on any atom is 0.261 e. The van der Waals surface area contributed by atoms with Crippen molar-refractivity contribution >= 4 is 39.3 Å². The van der Waals surface area contributed by atoms with Gasteiger partial charge in [0, 0.05) is 34.6 Å². The number of carbonyl (C=O) groups is 1. The molecule has 5 aromatic rings. The second-order valence-electron chi connectivity index (χ2n) is 7.86. The minimum absolute atomic E-state index is 0.111. The minimum atomic E-state index is -0.272. The van der Waals surface area contributed by atoms with Gasteiger partial charge >= 0.3 is 0 Å². The quantitative estimate of drug-likeness (QED) is 0.395. The average molecular weight is 457 g/mol. The van der Waals surface area contributed by atoms with Gasteiger partial charge in [-0.05, 0) is 35.4 Å². The SMILES string of the molecule is O=C(Cn1cnc2ccccc2c1=O)NC[C@@H](c1ccccc1Cl)c1c[nH]c2ccccc12. The molecule has 2 aromatic heterocycles. The molecule has 0 unspecified atom stereocenters. The van der Waals surface area contributed by atoms with E-state index >= 15 is 0 Å². The van der Waals surface area contributed by atoms with Gasteiger partial charge in [0.1, 0.15) is 6.54 Å². The molecule has 1 atom stereocenters. The molecule has 0 spiro atoms. The lowest BCUT2D eigenvalue weighted by Gasteiger charge is -2.19. The normalized spacial score (nSPS) is 12.2. The highest BCUT2D eigenvalue weighted by Crippen LogP contribution is 2.34. The number of amides is 1. The van der Waals surface area contributed by atoms with Crippen LogP contribution in [0.5, 0.6) is 0 Å². The Hall–Kier alpha value is -3.90. The van der Waals surface area contributed by atoms with Crippen molar-refractivity contribution in [1.82, 2.24) is 19.9 Å². The topological polar surface area (TPSA) is 79.8 Å². The highest BCUT2D eigenvalue weighted by atomic mass is 35.5. The predicted molar refractivity (Wildman–Crippen MR) is 131 cm³/mol. The van der Waals surface area contributed by atoms with Gasteiger partial charge in [0.2, 0.25) is 5.91 Å². The highest BCUT2D eigenvalue weighted by Gasteiger charge is 2.21. The first-order valence-electron chi connectivity index (χ1n) is 10.6. The first-order valence-corrected chi connectivity index (χ1v) is 11.0. The van der Waals surface area contributed by atoms with Crippen LogP contribution >= 0.6 is 11.6 Å². The van der Waals surface area contributed by atoms with Crippen LogP contribution in [0.15, 0.2) is 90.1 Å². The molecule has 7 heteroatoms. The molecule has 0 saturated carbocycles. The van der Waals surface area contributed by atoms with Crippen LogP contribution in [0.2, 0.25) is 5.02 Å². The zero-order valence-electron chi connectivity index (χ0n) is 17.7. The molecule has 0 fully saturated rings. The van der Waals surface area contributed by atoms with Crippen molar-refractivity contribution in [3.8, 4) is 0 Å².